The average molecular weight is 258 g/mol. The number of rotatable bonds is 2. The molecule has 0 saturated carbocycles. The highest BCUT2D eigenvalue weighted by molar-refractivity contribution is 7.99. The Labute approximate surface area is 110 Å². The number of fused-ring (bicyclic) bond motifs is 1. The minimum Gasteiger partial charge on any atom is -0.191 e. The molecular weight excluding hydrogens is 244 g/mol. The molecule has 0 N–H and O–H groups in total. The van der Waals surface area contributed by atoms with Crippen LogP contribution in [0, 0.1) is 0 Å². The van der Waals surface area contributed by atoms with E-state index in [2.05, 4.69) is 41.3 Å². The van der Waals surface area contributed by atoms with Gasteiger partial charge in [0.25, 0.3) is 0 Å². The third kappa shape index (κ3) is 1.95. The Morgan fingerprint density at radius 1 is 1.17 bits per heavy atom. The van der Waals surface area contributed by atoms with Crippen molar-refractivity contribution in [3.05, 3.63) is 41.7 Å². The van der Waals surface area contributed by atoms with Gasteiger partial charge in [0.2, 0.25) is 5.16 Å². The molecule has 92 valence electrons. The monoisotopic (exact) mass is 258 g/mol. The van der Waals surface area contributed by atoms with Gasteiger partial charge in [0.05, 0.1) is 5.71 Å². The maximum absolute atomic E-state index is 4.68. The van der Waals surface area contributed by atoms with Gasteiger partial charge >= 0.3 is 0 Å². The molecule has 2 aromatic rings. The standard InChI is InChI=1S/C13H14N4S/c1-9(2)12-14-15-13-17(12)16-11(8-18-13)10-6-4-3-5-7-10/h3-7,9H,8H2,1-2H3. The van der Waals surface area contributed by atoms with Crippen molar-refractivity contribution < 1.29 is 0 Å². The number of nitrogens with zero attached hydrogens (tertiary/aromatic N) is 4. The van der Waals surface area contributed by atoms with Crippen LogP contribution in [0.15, 0.2) is 40.6 Å². The lowest BCUT2D eigenvalue weighted by Crippen LogP contribution is -2.14. The van der Waals surface area contributed by atoms with E-state index in [4.69, 9.17) is 0 Å². The largest absolute Gasteiger partial charge is 0.212 e. The lowest BCUT2D eigenvalue weighted by Gasteiger charge is -2.14. The Bertz CT molecular complexity index is 586. The van der Waals surface area contributed by atoms with E-state index >= 15 is 0 Å². The van der Waals surface area contributed by atoms with Gasteiger partial charge in [-0.25, -0.2) is 0 Å². The Kier molecular flexibility index (Phi) is 2.91. The summed E-state index contributed by atoms with van der Waals surface area (Å²) in [5.74, 6) is 2.09. The summed E-state index contributed by atoms with van der Waals surface area (Å²) in [6, 6.07) is 10.3. The summed E-state index contributed by atoms with van der Waals surface area (Å²) >= 11 is 1.69. The van der Waals surface area contributed by atoms with Crippen LogP contribution >= 0.6 is 11.8 Å². The maximum atomic E-state index is 4.68. The summed E-state index contributed by atoms with van der Waals surface area (Å²) in [6.07, 6.45) is 0. The van der Waals surface area contributed by atoms with Crippen molar-refractivity contribution >= 4 is 17.5 Å². The lowest BCUT2D eigenvalue weighted by molar-refractivity contribution is 0.662. The van der Waals surface area contributed by atoms with E-state index < -0.39 is 0 Å². The van der Waals surface area contributed by atoms with Gasteiger partial charge in [0, 0.05) is 11.7 Å². The van der Waals surface area contributed by atoms with Crippen molar-refractivity contribution in [1.82, 2.24) is 14.9 Å². The zero-order valence-corrected chi connectivity index (χ0v) is 11.2. The Balaban J connectivity index is 2.05. The number of hydrogen-bond donors (Lipinski definition) is 0. The fourth-order valence-electron chi connectivity index (χ4n) is 1.87. The maximum Gasteiger partial charge on any atom is 0.212 e. The second-order valence-corrected chi connectivity index (χ2v) is 5.45. The lowest BCUT2D eigenvalue weighted by atomic mass is 10.1. The molecule has 0 bridgehead atoms. The third-order valence-corrected chi connectivity index (χ3v) is 3.75. The van der Waals surface area contributed by atoms with Crippen molar-refractivity contribution in [3.63, 3.8) is 0 Å². The number of aromatic nitrogens is 3. The second kappa shape index (κ2) is 4.57. The predicted octanol–water partition coefficient (Wildman–Crippen LogP) is 2.76. The van der Waals surface area contributed by atoms with Gasteiger partial charge in [-0.15, -0.1) is 10.2 Å². The molecule has 0 radical (unpaired) electrons. The number of hydrogen-bond acceptors (Lipinski definition) is 4. The van der Waals surface area contributed by atoms with Crippen molar-refractivity contribution in [2.75, 3.05) is 5.75 Å². The first-order chi connectivity index (χ1) is 8.75. The van der Waals surface area contributed by atoms with Crippen molar-refractivity contribution in [2.24, 2.45) is 5.10 Å². The van der Waals surface area contributed by atoms with Crippen molar-refractivity contribution in [3.8, 4) is 0 Å². The van der Waals surface area contributed by atoms with Gasteiger partial charge in [-0.2, -0.15) is 9.78 Å². The summed E-state index contributed by atoms with van der Waals surface area (Å²) in [7, 11) is 0. The first kappa shape index (κ1) is 11.5. The van der Waals surface area contributed by atoms with Crippen LogP contribution in [-0.4, -0.2) is 26.3 Å². The highest BCUT2D eigenvalue weighted by Crippen LogP contribution is 2.26. The molecule has 0 amide bonds. The summed E-state index contributed by atoms with van der Waals surface area (Å²) in [5.41, 5.74) is 2.24. The van der Waals surface area contributed by atoms with Gasteiger partial charge in [0.15, 0.2) is 5.82 Å². The van der Waals surface area contributed by atoms with Gasteiger partial charge in [-0.05, 0) is 5.56 Å². The average Bonchev–Trinajstić information content (AvgIpc) is 2.82. The molecule has 3 rings (SSSR count). The van der Waals surface area contributed by atoms with Crippen LogP contribution in [0.4, 0.5) is 0 Å². The molecule has 4 nitrogen and oxygen atoms in total. The molecule has 0 fully saturated rings. The summed E-state index contributed by atoms with van der Waals surface area (Å²) in [6.45, 7) is 4.21. The molecule has 5 heteroatoms. The van der Waals surface area contributed by atoms with Crippen LogP contribution in [0.5, 0.6) is 0 Å². The highest BCUT2D eigenvalue weighted by Gasteiger charge is 2.20. The molecule has 0 aliphatic carbocycles. The van der Waals surface area contributed by atoms with Gasteiger partial charge < -0.3 is 0 Å². The van der Waals surface area contributed by atoms with Crippen LogP contribution < -0.4 is 0 Å². The molecule has 18 heavy (non-hydrogen) atoms. The first-order valence-electron chi connectivity index (χ1n) is 5.97. The molecule has 1 aliphatic rings. The molecule has 0 unspecified atom stereocenters. The normalized spacial score (nSPS) is 14.5. The molecular formula is C13H14N4S. The molecule has 1 aliphatic heterocycles. The summed E-state index contributed by atoms with van der Waals surface area (Å²) in [5, 5.41) is 14.0. The van der Waals surface area contributed by atoms with Gasteiger partial charge in [0.1, 0.15) is 0 Å². The van der Waals surface area contributed by atoms with E-state index in [-0.39, 0.29) is 0 Å². The van der Waals surface area contributed by atoms with Gasteiger partial charge in [-0.3, -0.25) is 0 Å². The van der Waals surface area contributed by atoms with Crippen LogP contribution in [0.3, 0.4) is 0 Å². The van der Waals surface area contributed by atoms with E-state index in [1.807, 2.05) is 22.9 Å². The fourth-order valence-corrected chi connectivity index (χ4v) is 2.72. The minimum atomic E-state index is 0.325. The highest BCUT2D eigenvalue weighted by atomic mass is 32.2. The summed E-state index contributed by atoms with van der Waals surface area (Å²) < 4.78 is 1.88. The van der Waals surface area contributed by atoms with Crippen LogP contribution in [0.2, 0.25) is 0 Å². The van der Waals surface area contributed by atoms with Crippen molar-refractivity contribution in [2.45, 2.75) is 24.9 Å². The Morgan fingerprint density at radius 2 is 1.94 bits per heavy atom. The Morgan fingerprint density at radius 3 is 2.67 bits per heavy atom. The molecule has 0 saturated heterocycles. The quantitative estimate of drug-likeness (QED) is 0.832. The van der Waals surface area contributed by atoms with Crippen LogP contribution in [0.25, 0.3) is 0 Å². The second-order valence-electron chi connectivity index (χ2n) is 4.51. The van der Waals surface area contributed by atoms with Crippen LogP contribution in [-0.2, 0) is 0 Å². The number of benzene rings is 1. The molecule has 1 aromatic heterocycles. The smallest absolute Gasteiger partial charge is 0.191 e. The fraction of sp³-hybridized carbons (Fsp3) is 0.308. The first-order valence-corrected chi connectivity index (χ1v) is 6.95. The van der Waals surface area contributed by atoms with E-state index in [9.17, 15) is 0 Å². The zero-order valence-electron chi connectivity index (χ0n) is 10.4. The van der Waals surface area contributed by atoms with E-state index in [1.54, 1.807) is 11.8 Å². The number of thioether (sulfide) groups is 1. The van der Waals surface area contributed by atoms with Gasteiger partial charge in [-0.1, -0.05) is 55.9 Å². The Hall–Kier alpha value is -1.62. The third-order valence-electron chi connectivity index (χ3n) is 2.82. The molecule has 0 spiro atoms. The van der Waals surface area contributed by atoms with Crippen LogP contribution in [0.1, 0.15) is 31.2 Å². The SMILES string of the molecule is CC(C)c1nnc2n1N=C(c1ccccc1)CS2. The molecule has 1 aromatic carbocycles. The summed E-state index contributed by atoms with van der Waals surface area (Å²) in [4.78, 5) is 0. The topological polar surface area (TPSA) is 43.1 Å². The molecule has 0 atom stereocenters. The van der Waals surface area contributed by atoms with E-state index in [1.165, 1.54) is 5.56 Å². The molecule has 2 heterocycles. The predicted molar refractivity (Wildman–Crippen MR) is 73.2 cm³/mol. The van der Waals surface area contributed by atoms with Crippen molar-refractivity contribution in [1.29, 1.82) is 0 Å². The van der Waals surface area contributed by atoms with E-state index in [0.717, 1.165) is 22.4 Å². The van der Waals surface area contributed by atoms with E-state index in [0.29, 0.717) is 5.92 Å². The zero-order chi connectivity index (χ0) is 12.5. The minimum absolute atomic E-state index is 0.325.